The molecule has 4 atom stereocenters. The van der Waals surface area contributed by atoms with Crippen molar-refractivity contribution < 1.29 is 19.1 Å². The number of amides is 4. The molecule has 0 bridgehead atoms. The van der Waals surface area contributed by atoms with Crippen molar-refractivity contribution in [2.75, 3.05) is 23.5 Å². The first kappa shape index (κ1) is 20.5. The highest BCUT2D eigenvalue weighted by atomic mass is 16.5. The molecule has 32 heavy (non-hydrogen) atoms. The lowest BCUT2D eigenvalue weighted by Crippen LogP contribution is -2.74. The maximum Gasteiger partial charge on any atom is 0.335 e. The number of nitrogens with zero attached hydrogens (tertiary/aromatic N) is 2. The molecule has 2 saturated heterocycles. The van der Waals surface area contributed by atoms with E-state index in [4.69, 9.17) is 4.74 Å². The predicted octanol–water partition coefficient (Wildman–Crippen LogP) is 3.37. The number of benzene rings is 2. The van der Waals surface area contributed by atoms with Gasteiger partial charge in [-0.3, -0.25) is 14.9 Å². The van der Waals surface area contributed by atoms with Crippen LogP contribution in [0.5, 0.6) is 5.75 Å². The van der Waals surface area contributed by atoms with Crippen LogP contribution in [0.1, 0.15) is 25.8 Å². The highest BCUT2D eigenvalue weighted by Gasteiger charge is 2.64. The van der Waals surface area contributed by atoms with E-state index in [1.807, 2.05) is 18.2 Å². The van der Waals surface area contributed by atoms with Crippen molar-refractivity contribution in [1.82, 2.24) is 5.32 Å². The largest absolute Gasteiger partial charge is 0.497 e. The van der Waals surface area contributed by atoms with Crippen molar-refractivity contribution >= 4 is 29.2 Å². The van der Waals surface area contributed by atoms with Gasteiger partial charge < -0.3 is 9.64 Å². The number of rotatable bonds is 2. The Kier molecular flexibility index (Phi) is 4.73. The van der Waals surface area contributed by atoms with Crippen molar-refractivity contribution in [1.29, 1.82) is 0 Å². The Bertz CT molecular complexity index is 1100. The number of urea groups is 1. The molecule has 5 rings (SSSR count). The summed E-state index contributed by atoms with van der Waals surface area (Å²) in [5, 5.41) is 2.51. The number of piperidine rings is 1. The summed E-state index contributed by atoms with van der Waals surface area (Å²) < 4.78 is 5.21. The molecule has 3 aliphatic rings. The van der Waals surface area contributed by atoms with Gasteiger partial charge in [0.05, 0.1) is 18.8 Å². The standard InChI is InChI=1S/C25H27N3O4/c1-15-12-16(2)21-25(13-17-6-4-5-7-20(17)27(21)14-15)22(29)26-24(31)28(23(25)30)18-8-10-19(32-3)11-9-18/h4-11,15-16,21H,12-14H2,1-3H3,(H,26,29,31)/t15-,16-,21+,25-/m0/s1. The van der Waals surface area contributed by atoms with E-state index in [2.05, 4.69) is 30.1 Å². The molecule has 0 aromatic heterocycles. The van der Waals surface area contributed by atoms with E-state index < -0.39 is 23.3 Å². The summed E-state index contributed by atoms with van der Waals surface area (Å²) in [6.45, 7) is 5.08. The van der Waals surface area contributed by atoms with E-state index >= 15 is 0 Å². The lowest BCUT2D eigenvalue weighted by molar-refractivity contribution is -0.146. The summed E-state index contributed by atoms with van der Waals surface area (Å²) in [5.74, 6) is 0.209. The Labute approximate surface area is 187 Å². The van der Waals surface area contributed by atoms with Gasteiger partial charge in [-0.15, -0.1) is 0 Å². The predicted molar refractivity (Wildman–Crippen MR) is 121 cm³/mol. The Morgan fingerprint density at radius 3 is 2.47 bits per heavy atom. The van der Waals surface area contributed by atoms with Gasteiger partial charge in [0.15, 0.2) is 5.41 Å². The zero-order valence-electron chi connectivity index (χ0n) is 18.5. The van der Waals surface area contributed by atoms with E-state index in [1.54, 1.807) is 31.4 Å². The zero-order valence-corrected chi connectivity index (χ0v) is 18.5. The molecular formula is C25H27N3O4. The number of ether oxygens (including phenoxy) is 1. The molecule has 0 radical (unpaired) electrons. The number of hydrogen-bond donors (Lipinski definition) is 1. The van der Waals surface area contributed by atoms with E-state index in [0.29, 0.717) is 17.4 Å². The molecule has 2 fully saturated rings. The zero-order chi connectivity index (χ0) is 22.6. The molecule has 1 N–H and O–H groups in total. The number of hydrogen-bond acceptors (Lipinski definition) is 5. The first-order valence-electron chi connectivity index (χ1n) is 11.1. The van der Waals surface area contributed by atoms with Gasteiger partial charge in [-0.2, -0.15) is 0 Å². The Hall–Kier alpha value is -3.35. The first-order valence-corrected chi connectivity index (χ1v) is 11.1. The minimum atomic E-state index is -1.37. The van der Waals surface area contributed by atoms with Gasteiger partial charge in [-0.05, 0) is 60.6 Å². The maximum atomic E-state index is 14.2. The summed E-state index contributed by atoms with van der Waals surface area (Å²) in [4.78, 5) is 43.9. The second-order valence-electron chi connectivity index (χ2n) is 9.29. The second-order valence-corrected chi connectivity index (χ2v) is 9.29. The third kappa shape index (κ3) is 2.83. The summed E-state index contributed by atoms with van der Waals surface area (Å²) >= 11 is 0. The molecule has 1 spiro atoms. The van der Waals surface area contributed by atoms with E-state index in [-0.39, 0.29) is 18.4 Å². The van der Waals surface area contributed by atoms with Crippen LogP contribution < -0.4 is 19.9 Å². The van der Waals surface area contributed by atoms with Crippen LogP contribution in [0.15, 0.2) is 48.5 Å². The number of fused-ring (bicyclic) bond motifs is 4. The van der Waals surface area contributed by atoms with Crippen molar-refractivity contribution in [3.63, 3.8) is 0 Å². The van der Waals surface area contributed by atoms with Crippen LogP contribution in [0.25, 0.3) is 0 Å². The topological polar surface area (TPSA) is 79.0 Å². The normalized spacial score (nSPS) is 29.5. The van der Waals surface area contributed by atoms with Crippen molar-refractivity contribution in [2.24, 2.45) is 17.3 Å². The van der Waals surface area contributed by atoms with Gasteiger partial charge in [-0.25, -0.2) is 9.69 Å². The molecule has 2 aromatic carbocycles. The average molecular weight is 434 g/mol. The molecule has 3 heterocycles. The van der Waals surface area contributed by atoms with Gasteiger partial charge in [-0.1, -0.05) is 32.0 Å². The third-order valence-corrected chi connectivity index (χ3v) is 7.18. The molecular weight excluding hydrogens is 406 g/mol. The molecule has 166 valence electrons. The van der Waals surface area contributed by atoms with Crippen LogP contribution >= 0.6 is 0 Å². The fourth-order valence-corrected chi connectivity index (χ4v) is 5.98. The monoisotopic (exact) mass is 433 g/mol. The molecule has 3 aliphatic heterocycles. The van der Waals surface area contributed by atoms with E-state index in [0.717, 1.165) is 29.1 Å². The molecule has 7 heteroatoms. The second kappa shape index (κ2) is 7.36. The quantitative estimate of drug-likeness (QED) is 0.735. The van der Waals surface area contributed by atoms with Gasteiger partial charge in [0.2, 0.25) is 5.91 Å². The van der Waals surface area contributed by atoms with Crippen molar-refractivity contribution in [3.05, 3.63) is 54.1 Å². The number of barbiturate groups is 1. The number of methoxy groups -OCH3 is 1. The average Bonchev–Trinajstić information content (AvgIpc) is 2.77. The number of carbonyl (C=O) groups is 3. The molecule has 7 nitrogen and oxygen atoms in total. The van der Waals surface area contributed by atoms with Gasteiger partial charge in [0.1, 0.15) is 5.75 Å². The smallest absolute Gasteiger partial charge is 0.335 e. The maximum absolute atomic E-state index is 14.2. The van der Waals surface area contributed by atoms with Crippen LogP contribution in [-0.4, -0.2) is 37.5 Å². The summed E-state index contributed by atoms with van der Waals surface area (Å²) in [6.07, 6.45) is 1.19. The fraction of sp³-hybridized carbons (Fsp3) is 0.400. The Morgan fingerprint density at radius 1 is 1.03 bits per heavy atom. The Morgan fingerprint density at radius 2 is 1.75 bits per heavy atom. The van der Waals surface area contributed by atoms with E-state index in [1.165, 1.54) is 0 Å². The van der Waals surface area contributed by atoms with Gasteiger partial charge >= 0.3 is 6.03 Å². The summed E-state index contributed by atoms with van der Waals surface area (Å²) in [5.41, 5.74) is 1.08. The lowest BCUT2D eigenvalue weighted by atomic mass is 9.62. The minimum absolute atomic E-state index is 0.104. The first-order chi connectivity index (χ1) is 15.4. The van der Waals surface area contributed by atoms with Crippen LogP contribution in [-0.2, 0) is 16.0 Å². The number of carbonyl (C=O) groups excluding carboxylic acids is 3. The summed E-state index contributed by atoms with van der Waals surface area (Å²) in [6, 6.07) is 13.7. The van der Waals surface area contributed by atoms with Crippen molar-refractivity contribution in [2.45, 2.75) is 32.7 Å². The Balaban J connectivity index is 1.66. The number of imide groups is 2. The SMILES string of the molecule is COc1ccc(N2C(=O)NC(=O)[C@@]3(Cc4ccccc4N4C[C@@H](C)C[C@H](C)[C@@H]43)C2=O)cc1. The van der Waals surface area contributed by atoms with Gasteiger partial charge in [0, 0.05) is 12.2 Å². The van der Waals surface area contributed by atoms with Crippen LogP contribution in [0.2, 0.25) is 0 Å². The molecule has 4 amide bonds. The summed E-state index contributed by atoms with van der Waals surface area (Å²) in [7, 11) is 1.56. The van der Waals surface area contributed by atoms with Crippen LogP contribution in [0, 0.1) is 17.3 Å². The fourth-order valence-electron chi connectivity index (χ4n) is 5.98. The molecule has 0 saturated carbocycles. The van der Waals surface area contributed by atoms with E-state index in [9.17, 15) is 14.4 Å². The van der Waals surface area contributed by atoms with Crippen LogP contribution in [0.4, 0.5) is 16.2 Å². The highest BCUT2D eigenvalue weighted by Crippen LogP contribution is 2.50. The number of nitrogens with one attached hydrogen (secondary N) is 1. The molecule has 0 aliphatic carbocycles. The van der Waals surface area contributed by atoms with Gasteiger partial charge in [0.25, 0.3) is 5.91 Å². The minimum Gasteiger partial charge on any atom is -0.497 e. The lowest BCUT2D eigenvalue weighted by Gasteiger charge is -2.56. The number of anilines is 2. The molecule has 2 aromatic rings. The molecule has 0 unspecified atom stereocenters. The number of para-hydroxylation sites is 1. The highest BCUT2D eigenvalue weighted by molar-refractivity contribution is 6.30. The van der Waals surface area contributed by atoms with Crippen LogP contribution in [0.3, 0.4) is 0 Å². The third-order valence-electron chi connectivity index (χ3n) is 7.18. The van der Waals surface area contributed by atoms with Crippen molar-refractivity contribution in [3.8, 4) is 5.75 Å².